The van der Waals surface area contributed by atoms with Crippen LogP contribution in [0.2, 0.25) is 0 Å². The molecule has 1 aliphatic heterocycles. The molecule has 1 N–H and O–H groups in total. The predicted molar refractivity (Wildman–Crippen MR) is 125 cm³/mol. The molecule has 1 aliphatic rings. The lowest BCUT2D eigenvalue weighted by Gasteiger charge is -2.32. The molecule has 3 aromatic carbocycles. The van der Waals surface area contributed by atoms with Crippen molar-refractivity contribution < 1.29 is 17.6 Å². The number of amides is 1. The molecule has 0 saturated heterocycles. The van der Waals surface area contributed by atoms with Crippen LogP contribution < -0.4 is 10.2 Å². The van der Waals surface area contributed by atoms with E-state index < -0.39 is 26.8 Å². The number of para-hydroxylation sites is 2. The standard InChI is InChI=1S/C24H23FN2O3S2/c1-17(32(29,30)19-13-11-18(25)12-14-19)24(28)26-15-6-16-27-20-7-2-4-9-22(20)31-23-10-5-3-8-21(23)27/h2-5,7-14,17H,6,15-16H2,1H3,(H,26,28). The zero-order chi connectivity index (χ0) is 22.7. The molecule has 0 bridgehead atoms. The minimum atomic E-state index is -3.88. The fourth-order valence-electron chi connectivity index (χ4n) is 3.58. The molecular formula is C24H23FN2O3S2. The first kappa shape index (κ1) is 22.4. The van der Waals surface area contributed by atoms with Gasteiger partial charge in [-0.3, -0.25) is 4.79 Å². The monoisotopic (exact) mass is 470 g/mol. The maximum absolute atomic E-state index is 13.1. The van der Waals surface area contributed by atoms with Gasteiger partial charge >= 0.3 is 0 Å². The molecule has 3 aromatic rings. The Kier molecular flexibility index (Phi) is 6.53. The highest BCUT2D eigenvalue weighted by atomic mass is 32.2. The maximum Gasteiger partial charge on any atom is 0.238 e. The molecule has 5 nitrogen and oxygen atoms in total. The molecule has 0 saturated carbocycles. The summed E-state index contributed by atoms with van der Waals surface area (Å²) in [6, 6.07) is 20.9. The van der Waals surface area contributed by atoms with E-state index in [2.05, 4.69) is 34.5 Å². The van der Waals surface area contributed by atoms with Gasteiger partial charge in [-0.25, -0.2) is 12.8 Å². The van der Waals surface area contributed by atoms with Crippen molar-refractivity contribution in [3.63, 3.8) is 0 Å². The van der Waals surface area contributed by atoms with E-state index in [1.165, 1.54) is 28.8 Å². The van der Waals surface area contributed by atoms with Crippen molar-refractivity contribution in [3.05, 3.63) is 78.6 Å². The first-order valence-corrected chi connectivity index (χ1v) is 12.6. The van der Waals surface area contributed by atoms with E-state index in [1.54, 1.807) is 11.8 Å². The zero-order valence-corrected chi connectivity index (χ0v) is 19.1. The van der Waals surface area contributed by atoms with E-state index >= 15 is 0 Å². The van der Waals surface area contributed by atoms with E-state index in [0.29, 0.717) is 19.5 Å². The van der Waals surface area contributed by atoms with Crippen molar-refractivity contribution in [2.24, 2.45) is 0 Å². The van der Waals surface area contributed by atoms with Crippen LogP contribution in [0.3, 0.4) is 0 Å². The molecule has 1 amide bonds. The topological polar surface area (TPSA) is 66.5 Å². The summed E-state index contributed by atoms with van der Waals surface area (Å²) < 4.78 is 38.4. The van der Waals surface area contributed by atoms with E-state index in [-0.39, 0.29) is 4.90 Å². The summed E-state index contributed by atoms with van der Waals surface area (Å²) >= 11 is 1.73. The number of halogens is 1. The Morgan fingerprint density at radius 1 is 0.969 bits per heavy atom. The lowest BCUT2D eigenvalue weighted by molar-refractivity contribution is -0.120. The number of rotatable bonds is 7. The number of fused-ring (bicyclic) bond motifs is 2. The third kappa shape index (κ3) is 4.52. The van der Waals surface area contributed by atoms with Crippen LogP contribution in [0, 0.1) is 5.82 Å². The zero-order valence-electron chi connectivity index (χ0n) is 17.5. The Labute approximate surface area is 191 Å². The Hall–Kier alpha value is -2.84. The van der Waals surface area contributed by atoms with Crippen LogP contribution in [-0.4, -0.2) is 32.7 Å². The van der Waals surface area contributed by atoms with Gasteiger partial charge in [0.15, 0.2) is 9.84 Å². The van der Waals surface area contributed by atoms with Crippen LogP contribution in [0.25, 0.3) is 0 Å². The third-order valence-corrected chi connectivity index (χ3v) is 8.57. The maximum atomic E-state index is 13.1. The first-order valence-electron chi connectivity index (χ1n) is 10.3. The highest BCUT2D eigenvalue weighted by Gasteiger charge is 2.29. The quantitative estimate of drug-likeness (QED) is 0.397. The van der Waals surface area contributed by atoms with Crippen molar-refractivity contribution >= 4 is 38.9 Å². The van der Waals surface area contributed by atoms with Crippen LogP contribution in [-0.2, 0) is 14.6 Å². The number of nitrogens with zero attached hydrogens (tertiary/aromatic N) is 1. The number of sulfone groups is 1. The van der Waals surface area contributed by atoms with Gasteiger partial charge in [0.2, 0.25) is 5.91 Å². The average molecular weight is 471 g/mol. The Morgan fingerprint density at radius 3 is 2.12 bits per heavy atom. The number of carbonyl (C=O) groups excluding carboxylic acids is 1. The fourth-order valence-corrected chi connectivity index (χ4v) is 5.97. The van der Waals surface area contributed by atoms with Gasteiger partial charge in [-0.1, -0.05) is 36.0 Å². The molecular weight excluding hydrogens is 447 g/mol. The van der Waals surface area contributed by atoms with Crippen molar-refractivity contribution in [1.82, 2.24) is 5.32 Å². The van der Waals surface area contributed by atoms with Crippen LogP contribution in [0.5, 0.6) is 0 Å². The van der Waals surface area contributed by atoms with Gasteiger partial charge in [-0.15, -0.1) is 0 Å². The molecule has 0 spiro atoms. The summed E-state index contributed by atoms with van der Waals surface area (Å²) in [5, 5.41) is 1.47. The van der Waals surface area contributed by atoms with E-state index in [4.69, 9.17) is 0 Å². The minimum Gasteiger partial charge on any atom is -0.355 e. The number of nitrogens with one attached hydrogen (secondary N) is 1. The molecule has 1 heterocycles. The molecule has 0 radical (unpaired) electrons. The second-order valence-corrected chi connectivity index (χ2v) is 10.8. The summed E-state index contributed by atoms with van der Waals surface area (Å²) in [6.07, 6.45) is 0.641. The SMILES string of the molecule is CC(C(=O)NCCCN1c2ccccc2Sc2ccccc21)S(=O)(=O)c1ccc(F)cc1. The molecule has 1 atom stereocenters. The summed E-state index contributed by atoms with van der Waals surface area (Å²) in [6.45, 7) is 2.37. The van der Waals surface area contributed by atoms with Crippen molar-refractivity contribution in [3.8, 4) is 0 Å². The summed E-state index contributed by atoms with van der Waals surface area (Å²) in [7, 11) is -3.88. The predicted octanol–water partition coefficient (Wildman–Crippen LogP) is 4.80. The summed E-state index contributed by atoms with van der Waals surface area (Å²) in [5.41, 5.74) is 2.24. The Balaban J connectivity index is 1.38. The number of benzene rings is 3. The third-order valence-electron chi connectivity index (χ3n) is 5.37. The van der Waals surface area contributed by atoms with Crippen LogP contribution in [0.1, 0.15) is 13.3 Å². The van der Waals surface area contributed by atoms with Crippen molar-refractivity contribution in [1.29, 1.82) is 0 Å². The first-order chi connectivity index (χ1) is 15.4. The Morgan fingerprint density at radius 2 is 1.53 bits per heavy atom. The van der Waals surface area contributed by atoms with Gasteiger partial charge in [-0.2, -0.15) is 0 Å². The van der Waals surface area contributed by atoms with Gasteiger partial charge in [0, 0.05) is 22.9 Å². The number of anilines is 2. The number of carbonyl (C=O) groups is 1. The lowest BCUT2D eigenvalue weighted by Crippen LogP contribution is -2.39. The molecule has 0 aromatic heterocycles. The second-order valence-electron chi connectivity index (χ2n) is 7.47. The average Bonchev–Trinajstić information content (AvgIpc) is 2.80. The highest BCUT2D eigenvalue weighted by Crippen LogP contribution is 2.47. The second kappa shape index (κ2) is 9.34. The van der Waals surface area contributed by atoms with E-state index in [0.717, 1.165) is 23.5 Å². The van der Waals surface area contributed by atoms with E-state index in [9.17, 15) is 17.6 Å². The molecule has 32 heavy (non-hydrogen) atoms. The molecule has 166 valence electrons. The largest absolute Gasteiger partial charge is 0.355 e. The number of hydrogen-bond acceptors (Lipinski definition) is 5. The summed E-state index contributed by atoms with van der Waals surface area (Å²) in [5.74, 6) is -1.09. The van der Waals surface area contributed by atoms with Crippen LogP contribution in [0.4, 0.5) is 15.8 Å². The van der Waals surface area contributed by atoms with Gasteiger partial charge in [0.1, 0.15) is 11.1 Å². The molecule has 0 fully saturated rings. The van der Waals surface area contributed by atoms with E-state index in [1.807, 2.05) is 24.3 Å². The lowest BCUT2D eigenvalue weighted by atomic mass is 10.2. The molecule has 4 rings (SSSR count). The van der Waals surface area contributed by atoms with Gasteiger partial charge in [0.25, 0.3) is 0 Å². The molecule has 0 aliphatic carbocycles. The molecule has 8 heteroatoms. The van der Waals surface area contributed by atoms with Gasteiger partial charge in [0.05, 0.1) is 16.3 Å². The molecule has 1 unspecified atom stereocenters. The van der Waals surface area contributed by atoms with Crippen molar-refractivity contribution in [2.75, 3.05) is 18.0 Å². The van der Waals surface area contributed by atoms with Crippen molar-refractivity contribution in [2.45, 2.75) is 33.3 Å². The van der Waals surface area contributed by atoms with Crippen LogP contribution >= 0.6 is 11.8 Å². The normalized spacial score (nSPS) is 13.8. The van der Waals surface area contributed by atoms with Gasteiger partial charge in [-0.05, 0) is 61.9 Å². The number of hydrogen-bond donors (Lipinski definition) is 1. The smallest absolute Gasteiger partial charge is 0.238 e. The fraction of sp³-hybridized carbons (Fsp3) is 0.208. The summed E-state index contributed by atoms with van der Waals surface area (Å²) in [4.78, 5) is 17.0. The van der Waals surface area contributed by atoms with Gasteiger partial charge < -0.3 is 10.2 Å². The Bertz CT molecular complexity index is 1180. The van der Waals surface area contributed by atoms with Crippen LogP contribution in [0.15, 0.2) is 87.5 Å². The minimum absolute atomic E-state index is 0.0689. The highest BCUT2D eigenvalue weighted by molar-refractivity contribution is 7.99.